The van der Waals surface area contributed by atoms with Crippen molar-refractivity contribution < 1.29 is 4.74 Å². The van der Waals surface area contributed by atoms with Crippen molar-refractivity contribution in [3.05, 3.63) is 46.6 Å². The third-order valence-corrected chi connectivity index (χ3v) is 10.2. The minimum Gasteiger partial charge on any atom is -0.462 e. The Morgan fingerprint density at radius 1 is 1.03 bits per heavy atom. The number of rotatable bonds is 5. The molecule has 2 aliphatic carbocycles. The molecule has 3 fully saturated rings. The maximum Gasteiger partial charge on any atom is 0.318 e. The van der Waals surface area contributed by atoms with E-state index in [0.29, 0.717) is 36.8 Å². The van der Waals surface area contributed by atoms with E-state index in [2.05, 4.69) is 53.2 Å². The average Bonchev–Trinajstić information content (AvgIpc) is 3.48. The van der Waals surface area contributed by atoms with Gasteiger partial charge in [0.1, 0.15) is 12.4 Å². The molecule has 3 aliphatic heterocycles. The van der Waals surface area contributed by atoms with Crippen molar-refractivity contribution in [1.82, 2.24) is 20.2 Å². The zero-order valence-corrected chi connectivity index (χ0v) is 22.7. The normalized spacial score (nSPS) is 31.1. The molecular formula is C31H43N5O. The van der Waals surface area contributed by atoms with Gasteiger partial charge in [-0.25, -0.2) is 0 Å². The SMILES string of the molecule is CC(C)N1CCC[C@H]1COc1nc2c(c(N3[C@@H]4CC[C@H]3CNC4)n1)CCC1(CCCc3ccccc31)C2. The van der Waals surface area contributed by atoms with E-state index in [1.165, 1.54) is 75.0 Å². The number of benzene rings is 1. The molecule has 2 bridgehead atoms. The van der Waals surface area contributed by atoms with Crippen LogP contribution in [0, 0.1) is 0 Å². The molecule has 4 atom stereocenters. The highest BCUT2D eigenvalue weighted by Gasteiger charge is 2.44. The summed E-state index contributed by atoms with van der Waals surface area (Å²) >= 11 is 0. The molecule has 0 radical (unpaired) electrons. The summed E-state index contributed by atoms with van der Waals surface area (Å²) in [6.07, 6.45) is 12.1. The standard InChI is InChI=1S/C31H43N5O/c1-21(2)35-16-6-9-25(35)20-37-30-33-28-17-31(14-5-8-22-7-3-4-10-27(22)31)15-13-26(28)29(34-30)36-23-11-12-24(36)19-32-18-23/h3-4,7,10,21,23-25,32H,5-6,8-9,11-20H2,1-2H3/t23-,24+,25-,31?/m0/s1. The van der Waals surface area contributed by atoms with Crippen LogP contribution in [0.15, 0.2) is 24.3 Å². The van der Waals surface area contributed by atoms with Crippen LogP contribution >= 0.6 is 0 Å². The second kappa shape index (κ2) is 9.53. The van der Waals surface area contributed by atoms with Gasteiger partial charge in [-0.15, -0.1) is 0 Å². The van der Waals surface area contributed by atoms with Crippen molar-refractivity contribution >= 4 is 5.82 Å². The van der Waals surface area contributed by atoms with Gasteiger partial charge in [-0.05, 0) is 95.7 Å². The van der Waals surface area contributed by atoms with Crippen LogP contribution in [0.3, 0.4) is 0 Å². The predicted molar refractivity (Wildman–Crippen MR) is 148 cm³/mol. The van der Waals surface area contributed by atoms with Crippen molar-refractivity contribution in [1.29, 1.82) is 0 Å². The summed E-state index contributed by atoms with van der Waals surface area (Å²) < 4.78 is 6.50. The molecule has 1 aromatic heterocycles. The topological polar surface area (TPSA) is 53.5 Å². The minimum atomic E-state index is 0.215. The molecule has 1 aromatic carbocycles. The fourth-order valence-electron chi connectivity index (χ4n) is 8.41. The van der Waals surface area contributed by atoms with Crippen LogP contribution in [0.25, 0.3) is 0 Å². The first-order valence-corrected chi connectivity index (χ1v) is 15.0. The molecule has 1 N–H and O–H groups in total. The van der Waals surface area contributed by atoms with Gasteiger partial charge in [-0.2, -0.15) is 9.97 Å². The van der Waals surface area contributed by atoms with E-state index in [0.717, 1.165) is 25.9 Å². The molecule has 0 saturated carbocycles. The second-order valence-electron chi connectivity index (χ2n) is 12.6. The van der Waals surface area contributed by atoms with Crippen molar-refractivity contribution in [2.45, 2.75) is 108 Å². The summed E-state index contributed by atoms with van der Waals surface area (Å²) in [5.41, 5.74) is 6.01. The Morgan fingerprint density at radius 3 is 2.70 bits per heavy atom. The van der Waals surface area contributed by atoms with Crippen LogP contribution in [-0.4, -0.2) is 65.3 Å². The lowest BCUT2D eigenvalue weighted by Gasteiger charge is -2.44. The third kappa shape index (κ3) is 4.15. The molecule has 2 aromatic rings. The molecule has 1 spiro atoms. The first-order chi connectivity index (χ1) is 18.1. The molecule has 7 rings (SSSR count). The van der Waals surface area contributed by atoms with Crippen molar-refractivity contribution in [3.63, 3.8) is 0 Å². The Hall–Kier alpha value is -2.18. The molecule has 0 amide bonds. The number of fused-ring (bicyclic) bond motifs is 5. The van der Waals surface area contributed by atoms with Gasteiger partial charge >= 0.3 is 6.01 Å². The summed E-state index contributed by atoms with van der Waals surface area (Å²) in [6.45, 7) is 8.59. The van der Waals surface area contributed by atoms with E-state index in [9.17, 15) is 0 Å². The van der Waals surface area contributed by atoms with E-state index in [1.807, 2.05) is 0 Å². The first-order valence-electron chi connectivity index (χ1n) is 15.0. The fourth-order valence-corrected chi connectivity index (χ4v) is 8.41. The Labute approximate surface area is 222 Å². The van der Waals surface area contributed by atoms with Crippen LogP contribution in [0.4, 0.5) is 5.82 Å². The number of ether oxygens (including phenoxy) is 1. The number of aromatic nitrogens is 2. The molecule has 37 heavy (non-hydrogen) atoms. The summed E-state index contributed by atoms with van der Waals surface area (Å²) in [7, 11) is 0. The fraction of sp³-hybridized carbons (Fsp3) is 0.677. The van der Waals surface area contributed by atoms with Gasteiger partial charge in [-0.1, -0.05) is 24.3 Å². The summed E-state index contributed by atoms with van der Waals surface area (Å²) in [4.78, 5) is 15.7. The van der Waals surface area contributed by atoms with Crippen LogP contribution in [0.5, 0.6) is 6.01 Å². The Balaban J connectivity index is 1.24. The molecule has 5 aliphatic rings. The van der Waals surface area contributed by atoms with E-state index >= 15 is 0 Å². The second-order valence-corrected chi connectivity index (χ2v) is 12.6. The van der Waals surface area contributed by atoms with E-state index in [4.69, 9.17) is 14.7 Å². The highest BCUT2D eigenvalue weighted by molar-refractivity contribution is 5.56. The molecule has 4 heterocycles. The van der Waals surface area contributed by atoms with Gasteiger partial charge in [0, 0.05) is 48.2 Å². The highest BCUT2D eigenvalue weighted by Crippen LogP contribution is 2.48. The number of anilines is 1. The lowest BCUT2D eigenvalue weighted by Crippen LogP contribution is -2.53. The Morgan fingerprint density at radius 2 is 1.86 bits per heavy atom. The van der Waals surface area contributed by atoms with Crippen LogP contribution in [0.1, 0.15) is 81.2 Å². The zero-order valence-electron chi connectivity index (χ0n) is 22.7. The number of piperazine rings is 1. The minimum absolute atomic E-state index is 0.215. The number of aryl methyl sites for hydroxylation is 1. The van der Waals surface area contributed by atoms with Crippen LogP contribution in [0.2, 0.25) is 0 Å². The monoisotopic (exact) mass is 501 g/mol. The largest absolute Gasteiger partial charge is 0.462 e. The van der Waals surface area contributed by atoms with E-state index in [-0.39, 0.29) is 5.41 Å². The van der Waals surface area contributed by atoms with E-state index < -0.39 is 0 Å². The van der Waals surface area contributed by atoms with Crippen LogP contribution < -0.4 is 15.0 Å². The number of hydrogen-bond acceptors (Lipinski definition) is 6. The summed E-state index contributed by atoms with van der Waals surface area (Å²) in [5, 5.41) is 3.65. The predicted octanol–water partition coefficient (Wildman–Crippen LogP) is 4.43. The Bertz CT molecular complexity index is 1130. The smallest absolute Gasteiger partial charge is 0.318 e. The lowest BCUT2D eigenvalue weighted by molar-refractivity contribution is 0.138. The zero-order chi connectivity index (χ0) is 25.0. The molecule has 1 unspecified atom stereocenters. The van der Waals surface area contributed by atoms with Crippen molar-refractivity contribution in [2.75, 3.05) is 31.1 Å². The maximum atomic E-state index is 6.50. The summed E-state index contributed by atoms with van der Waals surface area (Å²) in [6, 6.07) is 11.9. The van der Waals surface area contributed by atoms with Crippen molar-refractivity contribution in [3.8, 4) is 6.01 Å². The van der Waals surface area contributed by atoms with Crippen LogP contribution in [-0.2, 0) is 24.7 Å². The van der Waals surface area contributed by atoms with E-state index in [1.54, 1.807) is 11.1 Å². The number of hydrogen-bond donors (Lipinski definition) is 1. The van der Waals surface area contributed by atoms with Gasteiger partial charge < -0.3 is 15.0 Å². The third-order valence-electron chi connectivity index (χ3n) is 10.2. The van der Waals surface area contributed by atoms with Gasteiger partial charge in [0.2, 0.25) is 0 Å². The van der Waals surface area contributed by atoms with Gasteiger partial charge in [0.05, 0.1) is 5.69 Å². The molecule has 198 valence electrons. The molecule has 3 saturated heterocycles. The van der Waals surface area contributed by atoms with Crippen molar-refractivity contribution in [2.24, 2.45) is 0 Å². The molecular weight excluding hydrogens is 458 g/mol. The average molecular weight is 502 g/mol. The highest BCUT2D eigenvalue weighted by atomic mass is 16.5. The number of nitrogens with one attached hydrogen (secondary N) is 1. The number of nitrogens with zero attached hydrogens (tertiary/aromatic N) is 4. The van der Waals surface area contributed by atoms with Gasteiger partial charge in [0.25, 0.3) is 0 Å². The Kier molecular flexibility index (Phi) is 6.16. The summed E-state index contributed by atoms with van der Waals surface area (Å²) in [5.74, 6) is 1.19. The van der Waals surface area contributed by atoms with Gasteiger partial charge in [-0.3, -0.25) is 4.90 Å². The lowest BCUT2D eigenvalue weighted by atomic mass is 9.62. The molecule has 6 heteroatoms. The first kappa shape index (κ1) is 23.9. The number of likely N-dealkylation sites (tertiary alicyclic amines) is 1. The van der Waals surface area contributed by atoms with Gasteiger partial charge in [0.15, 0.2) is 0 Å². The maximum absolute atomic E-state index is 6.50. The molecule has 6 nitrogen and oxygen atoms in total. The quantitative estimate of drug-likeness (QED) is 0.654.